The van der Waals surface area contributed by atoms with E-state index in [2.05, 4.69) is 6.92 Å². The van der Waals surface area contributed by atoms with Gasteiger partial charge in [-0.1, -0.05) is 13.3 Å². The molecular weight excluding hydrogens is 148 g/mol. The zero-order valence-electron chi connectivity index (χ0n) is 7.09. The molecule has 10 heavy (non-hydrogen) atoms. The number of thiol groups is 1. The van der Waals surface area contributed by atoms with Gasteiger partial charge in [0.25, 0.3) is 0 Å². The van der Waals surface area contributed by atoms with Crippen LogP contribution in [0.4, 0.5) is 0 Å². The standard InChI is InChI=1S/C7H18O2S/c1-4-6-7-9-10(3)8-5-2/h10H,4-7H2,1-3H3. The molecule has 0 aromatic rings. The Morgan fingerprint density at radius 3 is 2.40 bits per heavy atom. The number of unbranched alkanes of at least 4 members (excludes halogenated alkanes) is 1. The molecule has 64 valence electrons. The molecule has 0 fully saturated rings. The van der Waals surface area contributed by atoms with Crippen LogP contribution >= 0.6 is 11.5 Å². The largest absolute Gasteiger partial charge is 0.287 e. The zero-order chi connectivity index (χ0) is 7.82. The topological polar surface area (TPSA) is 18.5 Å². The highest BCUT2D eigenvalue weighted by atomic mass is 32.2. The minimum absolute atomic E-state index is 0.592. The molecular formula is C7H18O2S. The van der Waals surface area contributed by atoms with E-state index in [1.54, 1.807) is 0 Å². The molecule has 0 heterocycles. The van der Waals surface area contributed by atoms with Gasteiger partial charge in [0.2, 0.25) is 0 Å². The lowest BCUT2D eigenvalue weighted by Gasteiger charge is -2.18. The van der Waals surface area contributed by atoms with Crippen LogP contribution in [0.3, 0.4) is 0 Å². The second-order valence-electron chi connectivity index (χ2n) is 2.04. The predicted octanol–water partition coefficient (Wildman–Crippen LogP) is 2.30. The predicted molar refractivity (Wildman–Crippen MR) is 47.4 cm³/mol. The average Bonchev–Trinajstić information content (AvgIpc) is 1.89. The quantitative estimate of drug-likeness (QED) is 0.482. The number of rotatable bonds is 6. The van der Waals surface area contributed by atoms with E-state index in [0.29, 0.717) is 0 Å². The lowest BCUT2D eigenvalue weighted by atomic mass is 10.4. The summed E-state index contributed by atoms with van der Waals surface area (Å²) in [6, 6.07) is 0. The first-order chi connectivity index (χ1) is 4.81. The summed E-state index contributed by atoms with van der Waals surface area (Å²) in [5.74, 6) is 0. The van der Waals surface area contributed by atoms with Crippen molar-refractivity contribution in [1.29, 1.82) is 0 Å². The van der Waals surface area contributed by atoms with Crippen LogP contribution in [0, 0.1) is 0 Å². The number of hydrogen-bond acceptors (Lipinski definition) is 2. The van der Waals surface area contributed by atoms with E-state index in [1.165, 1.54) is 6.42 Å². The minimum atomic E-state index is -0.592. The molecule has 1 atom stereocenters. The SMILES string of the molecule is CCCCO[SH](C)OCC. The van der Waals surface area contributed by atoms with Crippen molar-refractivity contribution >= 4 is 11.5 Å². The average molecular weight is 166 g/mol. The Kier molecular flexibility index (Phi) is 7.58. The maximum absolute atomic E-state index is 5.37. The molecule has 0 spiro atoms. The molecule has 0 bridgehead atoms. The van der Waals surface area contributed by atoms with Crippen LogP contribution in [0.15, 0.2) is 0 Å². The Labute approximate surface area is 66.7 Å². The third-order valence-electron chi connectivity index (χ3n) is 1.08. The van der Waals surface area contributed by atoms with Crippen LogP contribution in [0.5, 0.6) is 0 Å². The fourth-order valence-corrected chi connectivity index (χ4v) is 1.38. The second kappa shape index (κ2) is 7.38. The third kappa shape index (κ3) is 6.39. The summed E-state index contributed by atoms with van der Waals surface area (Å²) in [5.41, 5.74) is 0. The fourth-order valence-electron chi connectivity index (χ4n) is 0.557. The molecule has 0 amide bonds. The van der Waals surface area contributed by atoms with E-state index in [9.17, 15) is 0 Å². The van der Waals surface area contributed by atoms with Gasteiger partial charge in [-0.2, -0.15) is 0 Å². The summed E-state index contributed by atoms with van der Waals surface area (Å²) in [6.45, 7) is 5.75. The molecule has 0 aliphatic rings. The van der Waals surface area contributed by atoms with Crippen LogP contribution in [-0.2, 0) is 8.37 Å². The Bertz CT molecular complexity index is 68.6. The molecule has 0 saturated heterocycles. The van der Waals surface area contributed by atoms with E-state index >= 15 is 0 Å². The van der Waals surface area contributed by atoms with Crippen molar-refractivity contribution in [2.24, 2.45) is 0 Å². The fraction of sp³-hybridized carbons (Fsp3) is 1.00. The lowest BCUT2D eigenvalue weighted by Crippen LogP contribution is -1.94. The van der Waals surface area contributed by atoms with Gasteiger partial charge in [-0.3, -0.25) is 8.37 Å². The zero-order valence-corrected chi connectivity index (χ0v) is 7.99. The van der Waals surface area contributed by atoms with E-state index in [0.717, 1.165) is 19.6 Å². The Morgan fingerprint density at radius 1 is 1.20 bits per heavy atom. The second-order valence-corrected chi connectivity index (χ2v) is 3.44. The van der Waals surface area contributed by atoms with Crippen molar-refractivity contribution in [3.8, 4) is 0 Å². The lowest BCUT2D eigenvalue weighted by molar-refractivity contribution is 0.281. The molecule has 0 aromatic heterocycles. The highest BCUT2D eigenvalue weighted by Crippen LogP contribution is 2.22. The molecule has 2 nitrogen and oxygen atoms in total. The summed E-state index contributed by atoms with van der Waals surface area (Å²) in [4.78, 5) is 0. The van der Waals surface area contributed by atoms with Crippen LogP contribution in [0.25, 0.3) is 0 Å². The molecule has 0 saturated carbocycles. The molecule has 0 N–H and O–H groups in total. The monoisotopic (exact) mass is 166 g/mol. The molecule has 0 radical (unpaired) electrons. The van der Waals surface area contributed by atoms with E-state index in [-0.39, 0.29) is 0 Å². The van der Waals surface area contributed by atoms with Crippen LogP contribution in [-0.4, -0.2) is 19.5 Å². The minimum Gasteiger partial charge on any atom is -0.287 e. The molecule has 0 aliphatic carbocycles. The van der Waals surface area contributed by atoms with Crippen LogP contribution in [0.1, 0.15) is 26.7 Å². The smallest absolute Gasteiger partial charge is 0.0710 e. The third-order valence-corrected chi connectivity index (χ3v) is 2.25. The van der Waals surface area contributed by atoms with Gasteiger partial charge in [0.1, 0.15) is 0 Å². The van der Waals surface area contributed by atoms with Gasteiger partial charge in [-0.25, -0.2) is 11.5 Å². The summed E-state index contributed by atoms with van der Waals surface area (Å²) in [7, 11) is 0. The normalized spacial score (nSPS) is 15.3. The first kappa shape index (κ1) is 10.3. The number of hydrogen-bond donors (Lipinski definition) is 1. The van der Waals surface area contributed by atoms with Crippen molar-refractivity contribution in [3.05, 3.63) is 0 Å². The summed E-state index contributed by atoms with van der Waals surface area (Å²) < 4.78 is 10.6. The first-order valence-electron chi connectivity index (χ1n) is 3.80. The van der Waals surface area contributed by atoms with Gasteiger partial charge in [0.05, 0.1) is 13.2 Å². The Hall–Kier alpha value is 0.270. The van der Waals surface area contributed by atoms with Gasteiger partial charge < -0.3 is 0 Å². The van der Waals surface area contributed by atoms with Gasteiger partial charge in [0.15, 0.2) is 0 Å². The van der Waals surface area contributed by atoms with Crippen molar-refractivity contribution < 1.29 is 8.37 Å². The van der Waals surface area contributed by atoms with E-state index in [4.69, 9.17) is 8.37 Å². The van der Waals surface area contributed by atoms with Gasteiger partial charge in [-0.05, 0) is 13.3 Å². The highest BCUT2D eigenvalue weighted by molar-refractivity contribution is 8.07. The van der Waals surface area contributed by atoms with E-state index < -0.39 is 11.5 Å². The van der Waals surface area contributed by atoms with Gasteiger partial charge in [-0.15, -0.1) is 0 Å². The van der Waals surface area contributed by atoms with Crippen LogP contribution in [0.2, 0.25) is 0 Å². The molecule has 0 aromatic carbocycles. The Balaban J connectivity index is 2.97. The maximum atomic E-state index is 5.37. The molecule has 0 aliphatic heterocycles. The summed E-state index contributed by atoms with van der Waals surface area (Å²) in [5, 5.41) is 0. The van der Waals surface area contributed by atoms with Crippen molar-refractivity contribution in [2.45, 2.75) is 26.7 Å². The highest BCUT2D eigenvalue weighted by Gasteiger charge is 1.90. The van der Waals surface area contributed by atoms with Crippen molar-refractivity contribution in [2.75, 3.05) is 19.5 Å². The van der Waals surface area contributed by atoms with Gasteiger partial charge in [0, 0.05) is 6.26 Å². The first-order valence-corrected chi connectivity index (χ1v) is 5.43. The van der Waals surface area contributed by atoms with Crippen LogP contribution < -0.4 is 0 Å². The summed E-state index contributed by atoms with van der Waals surface area (Å²) >= 11 is -0.592. The Morgan fingerprint density at radius 2 is 1.90 bits per heavy atom. The molecule has 1 unspecified atom stereocenters. The van der Waals surface area contributed by atoms with Crippen molar-refractivity contribution in [3.63, 3.8) is 0 Å². The molecule has 3 heteroatoms. The van der Waals surface area contributed by atoms with E-state index in [1.807, 2.05) is 13.2 Å². The maximum Gasteiger partial charge on any atom is 0.0710 e. The summed E-state index contributed by atoms with van der Waals surface area (Å²) in [6.07, 6.45) is 4.32. The molecule has 0 rings (SSSR count). The van der Waals surface area contributed by atoms with Crippen molar-refractivity contribution in [1.82, 2.24) is 0 Å². The van der Waals surface area contributed by atoms with Gasteiger partial charge >= 0.3 is 0 Å².